The van der Waals surface area contributed by atoms with Crippen LogP contribution in [0.1, 0.15) is 32.1 Å². The van der Waals surface area contributed by atoms with Gasteiger partial charge in [-0.25, -0.2) is 4.98 Å². The molecule has 1 fully saturated rings. The van der Waals surface area contributed by atoms with Crippen LogP contribution >= 0.6 is 11.6 Å². The lowest BCUT2D eigenvalue weighted by Crippen LogP contribution is -2.41. The van der Waals surface area contributed by atoms with Crippen LogP contribution in [0.3, 0.4) is 0 Å². The smallest absolute Gasteiger partial charge is 0.223 e. The van der Waals surface area contributed by atoms with E-state index in [4.69, 9.17) is 17.3 Å². The molecule has 1 atom stereocenters. The fourth-order valence-corrected chi connectivity index (χ4v) is 3.21. The van der Waals surface area contributed by atoms with Gasteiger partial charge < -0.3 is 16.0 Å². The van der Waals surface area contributed by atoms with E-state index < -0.39 is 0 Å². The minimum atomic E-state index is 0.207. The van der Waals surface area contributed by atoms with Gasteiger partial charge >= 0.3 is 0 Å². The SMILES string of the molecule is CN(C)C(CNc1cc(Cl)nc(N)n1)C1CCCCC1. The molecular formula is C14H24ClN5. The largest absolute Gasteiger partial charge is 0.368 e. The van der Waals surface area contributed by atoms with E-state index in [0.29, 0.717) is 17.0 Å². The van der Waals surface area contributed by atoms with Crippen LogP contribution in [-0.2, 0) is 0 Å². The van der Waals surface area contributed by atoms with Gasteiger partial charge in [0.2, 0.25) is 5.95 Å². The highest BCUT2D eigenvalue weighted by Crippen LogP contribution is 2.28. The summed E-state index contributed by atoms with van der Waals surface area (Å²) in [6.45, 7) is 0.852. The molecule has 3 N–H and O–H groups in total. The first kappa shape index (κ1) is 15.3. The third-order valence-corrected chi connectivity index (χ3v) is 4.26. The van der Waals surface area contributed by atoms with E-state index in [1.165, 1.54) is 32.1 Å². The second-order valence-corrected chi connectivity index (χ2v) is 6.13. The zero-order valence-electron chi connectivity index (χ0n) is 12.3. The molecule has 0 aliphatic heterocycles. The number of rotatable bonds is 5. The van der Waals surface area contributed by atoms with Crippen LogP contribution in [-0.4, -0.2) is 41.5 Å². The number of nitrogen functional groups attached to an aromatic ring is 1. The van der Waals surface area contributed by atoms with Gasteiger partial charge in [0.1, 0.15) is 11.0 Å². The third kappa shape index (κ3) is 4.21. The summed E-state index contributed by atoms with van der Waals surface area (Å²) < 4.78 is 0. The van der Waals surface area contributed by atoms with Crippen LogP contribution in [0.4, 0.5) is 11.8 Å². The van der Waals surface area contributed by atoms with E-state index in [1.54, 1.807) is 6.07 Å². The molecule has 6 heteroatoms. The molecule has 1 aromatic heterocycles. The van der Waals surface area contributed by atoms with Crippen molar-refractivity contribution >= 4 is 23.4 Å². The van der Waals surface area contributed by atoms with Crippen molar-refractivity contribution in [1.82, 2.24) is 14.9 Å². The first-order chi connectivity index (χ1) is 9.56. The summed E-state index contributed by atoms with van der Waals surface area (Å²) >= 11 is 5.90. The molecule has 1 saturated carbocycles. The number of likely N-dealkylation sites (N-methyl/N-ethyl adjacent to an activating group) is 1. The normalized spacial score (nSPS) is 18.2. The number of nitrogens with two attached hydrogens (primary N) is 1. The molecule has 0 radical (unpaired) electrons. The van der Waals surface area contributed by atoms with Gasteiger partial charge in [-0.1, -0.05) is 30.9 Å². The molecule has 1 heterocycles. The summed E-state index contributed by atoms with van der Waals surface area (Å²) in [5.41, 5.74) is 5.61. The maximum Gasteiger partial charge on any atom is 0.223 e. The molecule has 1 aromatic rings. The minimum Gasteiger partial charge on any atom is -0.368 e. The molecule has 1 aliphatic rings. The lowest BCUT2D eigenvalue weighted by Gasteiger charge is -2.35. The van der Waals surface area contributed by atoms with E-state index >= 15 is 0 Å². The summed E-state index contributed by atoms with van der Waals surface area (Å²) in [7, 11) is 4.28. The number of hydrogen-bond acceptors (Lipinski definition) is 5. The zero-order valence-corrected chi connectivity index (χ0v) is 13.0. The van der Waals surface area contributed by atoms with Gasteiger partial charge in [-0.2, -0.15) is 4.98 Å². The molecule has 0 spiro atoms. The molecule has 1 unspecified atom stereocenters. The Bertz CT molecular complexity index is 411. The fourth-order valence-electron chi connectivity index (χ4n) is 3.02. The highest BCUT2D eigenvalue weighted by molar-refractivity contribution is 6.29. The number of hydrogen-bond donors (Lipinski definition) is 2. The number of nitrogens with zero attached hydrogens (tertiary/aromatic N) is 3. The maximum atomic E-state index is 5.90. The maximum absolute atomic E-state index is 5.90. The van der Waals surface area contributed by atoms with Crippen LogP contribution < -0.4 is 11.1 Å². The minimum absolute atomic E-state index is 0.207. The molecule has 0 saturated heterocycles. The summed E-state index contributed by atoms with van der Waals surface area (Å²) in [5, 5.41) is 3.72. The first-order valence-corrected chi connectivity index (χ1v) is 7.64. The first-order valence-electron chi connectivity index (χ1n) is 7.26. The number of aromatic nitrogens is 2. The van der Waals surface area contributed by atoms with Crippen molar-refractivity contribution in [3.63, 3.8) is 0 Å². The molecule has 0 bridgehead atoms. The Labute approximate surface area is 125 Å². The molecule has 5 nitrogen and oxygen atoms in total. The van der Waals surface area contributed by atoms with Crippen molar-refractivity contribution in [3.8, 4) is 0 Å². The lowest BCUT2D eigenvalue weighted by molar-refractivity contribution is 0.179. The summed E-state index contributed by atoms with van der Waals surface area (Å²) in [4.78, 5) is 10.3. The van der Waals surface area contributed by atoms with Crippen molar-refractivity contribution in [2.24, 2.45) is 5.92 Å². The highest BCUT2D eigenvalue weighted by atomic mass is 35.5. The average Bonchev–Trinajstić information content (AvgIpc) is 2.38. The lowest BCUT2D eigenvalue weighted by atomic mass is 9.83. The molecule has 1 aliphatic carbocycles. The Balaban J connectivity index is 1.97. The molecule has 20 heavy (non-hydrogen) atoms. The Hall–Kier alpha value is -1.07. The van der Waals surface area contributed by atoms with Gasteiger partial charge in [0.15, 0.2) is 0 Å². The predicted octanol–water partition coefficient (Wildman–Crippen LogP) is 2.63. The second-order valence-electron chi connectivity index (χ2n) is 5.74. The van der Waals surface area contributed by atoms with Crippen LogP contribution in [0.15, 0.2) is 6.07 Å². The Morgan fingerprint density at radius 1 is 1.35 bits per heavy atom. The zero-order chi connectivity index (χ0) is 14.5. The molecule has 112 valence electrons. The highest BCUT2D eigenvalue weighted by Gasteiger charge is 2.25. The van der Waals surface area contributed by atoms with Crippen LogP contribution in [0, 0.1) is 5.92 Å². The number of nitrogens with one attached hydrogen (secondary N) is 1. The third-order valence-electron chi connectivity index (χ3n) is 4.06. The van der Waals surface area contributed by atoms with Crippen molar-refractivity contribution < 1.29 is 0 Å². The Morgan fingerprint density at radius 2 is 2.05 bits per heavy atom. The topological polar surface area (TPSA) is 67.1 Å². The fraction of sp³-hybridized carbons (Fsp3) is 0.714. The van der Waals surface area contributed by atoms with Gasteiger partial charge in [0.25, 0.3) is 0 Å². The van der Waals surface area contributed by atoms with E-state index in [0.717, 1.165) is 12.5 Å². The summed E-state index contributed by atoms with van der Waals surface area (Å²) in [6, 6.07) is 2.22. The molecular weight excluding hydrogens is 274 g/mol. The molecule has 0 aromatic carbocycles. The van der Waals surface area contributed by atoms with E-state index in [9.17, 15) is 0 Å². The second kappa shape index (κ2) is 7.09. The van der Waals surface area contributed by atoms with Gasteiger partial charge in [-0.15, -0.1) is 0 Å². The van der Waals surface area contributed by atoms with E-state index in [-0.39, 0.29) is 5.95 Å². The van der Waals surface area contributed by atoms with E-state index in [2.05, 4.69) is 34.3 Å². The standard InChI is InChI=1S/C14H24ClN5/c1-20(2)11(10-6-4-3-5-7-10)9-17-13-8-12(15)18-14(16)19-13/h8,10-11H,3-7,9H2,1-2H3,(H3,16,17,18,19). The van der Waals surface area contributed by atoms with Gasteiger partial charge in [0.05, 0.1) is 0 Å². The van der Waals surface area contributed by atoms with Crippen LogP contribution in [0.25, 0.3) is 0 Å². The quantitative estimate of drug-likeness (QED) is 0.818. The van der Waals surface area contributed by atoms with E-state index in [1.807, 2.05) is 0 Å². The van der Waals surface area contributed by atoms with Gasteiger partial charge in [-0.05, 0) is 32.9 Å². The Kier molecular flexibility index (Phi) is 5.43. The van der Waals surface area contributed by atoms with Gasteiger partial charge in [-0.3, -0.25) is 0 Å². The average molecular weight is 298 g/mol. The predicted molar refractivity (Wildman–Crippen MR) is 84.0 cm³/mol. The van der Waals surface area contributed by atoms with Crippen molar-refractivity contribution in [2.45, 2.75) is 38.1 Å². The van der Waals surface area contributed by atoms with Crippen molar-refractivity contribution in [1.29, 1.82) is 0 Å². The molecule has 0 amide bonds. The van der Waals surface area contributed by atoms with Crippen LogP contribution in [0.2, 0.25) is 5.15 Å². The number of halogens is 1. The summed E-state index contributed by atoms with van der Waals surface area (Å²) in [6.07, 6.45) is 6.71. The molecule has 2 rings (SSSR count). The monoisotopic (exact) mass is 297 g/mol. The van der Waals surface area contributed by atoms with Gasteiger partial charge in [0, 0.05) is 18.7 Å². The van der Waals surface area contributed by atoms with Crippen molar-refractivity contribution in [2.75, 3.05) is 31.7 Å². The number of anilines is 2. The van der Waals surface area contributed by atoms with Crippen LogP contribution in [0.5, 0.6) is 0 Å². The Morgan fingerprint density at radius 3 is 2.65 bits per heavy atom. The summed E-state index contributed by atoms with van der Waals surface area (Å²) in [5.74, 6) is 1.66. The van der Waals surface area contributed by atoms with Crippen molar-refractivity contribution in [3.05, 3.63) is 11.2 Å².